The number of rotatable bonds is 2. The molecule has 0 bridgehead atoms. The van der Waals surface area contributed by atoms with Crippen molar-refractivity contribution in [3.63, 3.8) is 0 Å². The van der Waals surface area contributed by atoms with Crippen LogP contribution >= 0.6 is 0 Å². The largest absolute Gasteiger partial charge is 1.00 e. The van der Waals surface area contributed by atoms with Crippen molar-refractivity contribution >= 4 is 18.1 Å². The molecule has 0 atom stereocenters. The van der Waals surface area contributed by atoms with E-state index in [1.807, 2.05) is 0 Å². The minimum absolute atomic E-state index is 0. The third-order valence-electron chi connectivity index (χ3n) is 0.577. The van der Waals surface area contributed by atoms with Crippen molar-refractivity contribution in [1.29, 1.82) is 0 Å². The second-order valence-electron chi connectivity index (χ2n) is 2.55. The molecule has 0 aromatic heterocycles. The minimum Gasteiger partial charge on any atom is -0.461 e. The van der Waals surface area contributed by atoms with E-state index in [2.05, 4.69) is 26.2 Å². The van der Waals surface area contributed by atoms with Crippen LogP contribution in [0.15, 0.2) is 0 Å². The van der Waals surface area contributed by atoms with Crippen molar-refractivity contribution in [3.05, 3.63) is 0 Å². The predicted octanol–water partition coefficient (Wildman–Crippen LogP) is 1.19. The third-order valence-corrected chi connectivity index (χ3v) is 5.20. The highest BCUT2D eigenvalue weighted by Gasteiger charge is 2.10. The topological polar surface area (TPSA) is 9.23 Å². The van der Waals surface area contributed by atoms with Crippen LogP contribution in [-0.4, -0.2) is 18.1 Å². The summed E-state index contributed by atoms with van der Waals surface area (Å²) in [4.78, 5) is 0. The van der Waals surface area contributed by atoms with Crippen LogP contribution in [-0.2, 0) is 4.12 Å². The van der Waals surface area contributed by atoms with E-state index in [-0.39, 0.29) is 12.6 Å². The highest BCUT2D eigenvalue weighted by molar-refractivity contribution is 6.73. The van der Waals surface area contributed by atoms with Crippen LogP contribution in [0.1, 0.15) is 2.85 Å². The molecule has 0 aromatic carbocycles. The van der Waals surface area contributed by atoms with Gasteiger partial charge in [0.05, 0.1) is 0 Å². The molecule has 0 unspecified atom stereocenters. The van der Waals surface area contributed by atoms with E-state index in [9.17, 15) is 0 Å². The Morgan fingerprint density at radius 2 is 1.86 bits per heavy atom. The van der Waals surface area contributed by atoms with Crippen LogP contribution in [0.4, 0.5) is 0 Å². The summed E-state index contributed by atoms with van der Waals surface area (Å²) in [6.45, 7) is 8.86. The maximum atomic E-state index is 5.51. The monoisotopic (exact) mass is 136 g/mol. The van der Waals surface area contributed by atoms with Gasteiger partial charge in [0.25, 0.3) is 0 Å². The lowest BCUT2D eigenvalue weighted by atomic mass is 11.8. The lowest BCUT2D eigenvalue weighted by Gasteiger charge is -2.14. The smallest absolute Gasteiger partial charge is 0.461 e. The van der Waals surface area contributed by atoms with Crippen LogP contribution in [0.3, 0.4) is 0 Å². The average molecular weight is 136 g/mol. The van der Waals surface area contributed by atoms with Gasteiger partial charge in [0.1, 0.15) is 9.76 Å². The molecular formula is C4H16OSi2+2. The standard InChI is InChI=1S/C4H14OSi2/c1-6-5-7(2,3)4/h6H2,1-4H3/p+2. The Balaban J connectivity index is -0.000000180. The minimum atomic E-state index is -1.10. The van der Waals surface area contributed by atoms with Gasteiger partial charge in [-0.05, 0) is 19.6 Å². The van der Waals surface area contributed by atoms with E-state index in [1.165, 1.54) is 0 Å². The van der Waals surface area contributed by atoms with Gasteiger partial charge in [-0.3, -0.25) is 0 Å². The molecule has 0 aromatic rings. The molecular weight excluding hydrogens is 120 g/mol. The molecule has 0 aliphatic carbocycles. The third kappa shape index (κ3) is 6.39. The summed E-state index contributed by atoms with van der Waals surface area (Å²) >= 11 is 0. The summed E-state index contributed by atoms with van der Waals surface area (Å²) < 4.78 is 5.51. The zero-order valence-electron chi connectivity index (χ0n) is 7.62. The second-order valence-corrected chi connectivity index (χ2v) is 8.50. The molecule has 0 fully saturated rings. The van der Waals surface area contributed by atoms with Crippen LogP contribution in [0, 0.1) is 0 Å². The fourth-order valence-electron chi connectivity index (χ4n) is 0.433. The Bertz CT molecular complexity index is 55.0. The van der Waals surface area contributed by atoms with E-state index < -0.39 is 8.32 Å². The van der Waals surface area contributed by atoms with Crippen LogP contribution in [0.5, 0.6) is 0 Å². The summed E-state index contributed by atoms with van der Waals surface area (Å²) in [5.41, 5.74) is 0. The fourth-order valence-corrected chi connectivity index (χ4v) is 3.90. The van der Waals surface area contributed by atoms with Gasteiger partial charge >= 0.3 is 2.85 Å². The van der Waals surface area contributed by atoms with E-state index in [0.717, 1.165) is 0 Å². The Hall–Kier alpha value is 0.394. The zero-order chi connectivity index (χ0) is 5.91. The summed E-state index contributed by atoms with van der Waals surface area (Å²) in [5, 5.41) is 0. The van der Waals surface area contributed by atoms with E-state index in [0.29, 0.717) is 0 Å². The molecule has 0 aliphatic rings. The summed E-state index contributed by atoms with van der Waals surface area (Å²) in [6, 6.07) is 0. The number of hydrogen-bond acceptors (Lipinski definition) is 1. The highest BCUT2D eigenvalue weighted by Crippen LogP contribution is 1.99. The first-order valence-electron chi connectivity index (χ1n) is 2.70. The molecule has 0 heterocycles. The second kappa shape index (κ2) is 2.64. The molecule has 0 N–H and O–H groups in total. The van der Waals surface area contributed by atoms with Gasteiger partial charge < -0.3 is 4.12 Å². The van der Waals surface area contributed by atoms with Crippen LogP contribution in [0.2, 0.25) is 26.2 Å². The van der Waals surface area contributed by atoms with Crippen molar-refractivity contribution in [2.24, 2.45) is 0 Å². The van der Waals surface area contributed by atoms with Gasteiger partial charge in [-0.15, -0.1) is 0 Å². The Morgan fingerprint density at radius 3 is 1.86 bits per heavy atom. The number of hydrogen-bond donors (Lipinski definition) is 0. The molecule has 1 nitrogen and oxygen atoms in total. The van der Waals surface area contributed by atoms with Gasteiger partial charge in [-0.25, -0.2) is 0 Å². The van der Waals surface area contributed by atoms with Gasteiger partial charge in [-0.2, -0.15) is 0 Å². The molecule has 0 radical (unpaired) electrons. The Labute approximate surface area is 52.1 Å². The van der Waals surface area contributed by atoms with Crippen molar-refractivity contribution in [3.8, 4) is 0 Å². The van der Waals surface area contributed by atoms with Gasteiger partial charge in [0.15, 0.2) is 8.32 Å². The van der Waals surface area contributed by atoms with Crippen molar-refractivity contribution in [1.82, 2.24) is 0 Å². The SMILES string of the molecule is C[SiH2]O[Si](C)(C)C.[H+].[H+]. The van der Waals surface area contributed by atoms with Crippen molar-refractivity contribution < 1.29 is 6.97 Å². The quantitative estimate of drug-likeness (QED) is 0.518. The van der Waals surface area contributed by atoms with Crippen LogP contribution < -0.4 is 0 Å². The van der Waals surface area contributed by atoms with E-state index in [1.54, 1.807) is 0 Å². The molecule has 0 rings (SSSR count). The van der Waals surface area contributed by atoms with Crippen molar-refractivity contribution in [2.75, 3.05) is 0 Å². The predicted molar refractivity (Wildman–Crippen MR) is 41.1 cm³/mol. The fraction of sp³-hybridized carbons (Fsp3) is 1.00. The summed E-state index contributed by atoms with van der Waals surface area (Å²) in [7, 11) is -1.22. The molecule has 3 heteroatoms. The molecule has 0 saturated heterocycles. The summed E-state index contributed by atoms with van der Waals surface area (Å²) in [6.07, 6.45) is 0. The lowest BCUT2D eigenvalue weighted by molar-refractivity contribution is 0.603. The van der Waals surface area contributed by atoms with Crippen LogP contribution in [0.25, 0.3) is 0 Å². The van der Waals surface area contributed by atoms with E-state index in [4.69, 9.17) is 4.12 Å². The molecule has 0 spiro atoms. The van der Waals surface area contributed by atoms with Gasteiger partial charge in [0, 0.05) is 0 Å². The van der Waals surface area contributed by atoms with E-state index >= 15 is 0 Å². The Kier molecular flexibility index (Phi) is 2.79. The molecule has 7 heavy (non-hydrogen) atoms. The van der Waals surface area contributed by atoms with Gasteiger partial charge in [-0.1, -0.05) is 6.55 Å². The van der Waals surface area contributed by atoms with Crippen molar-refractivity contribution in [2.45, 2.75) is 26.2 Å². The average Bonchev–Trinajstić information content (AvgIpc) is 1.30. The molecule has 0 aliphatic heterocycles. The highest BCUT2D eigenvalue weighted by atomic mass is 28.4. The zero-order valence-corrected chi connectivity index (χ0v) is 8.03. The maximum Gasteiger partial charge on any atom is 1.00 e. The maximum absolute atomic E-state index is 5.51. The van der Waals surface area contributed by atoms with Gasteiger partial charge in [0.2, 0.25) is 0 Å². The molecule has 44 valence electrons. The molecule has 0 amide bonds. The lowest BCUT2D eigenvalue weighted by Crippen LogP contribution is -2.26. The normalized spacial score (nSPS) is 13.7. The Morgan fingerprint density at radius 1 is 1.43 bits per heavy atom. The first-order chi connectivity index (χ1) is 3.06. The summed E-state index contributed by atoms with van der Waals surface area (Å²) in [5.74, 6) is 0. The first-order valence-corrected chi connectivity index (χ1v) is 8.10. The molecule has 0 saturated carbocycles. The first kappa shape index (κ1) is 7.39.